The molecule has 0 radical (unpaired) electrons. The van der Waals surface area contributed by atoms with Gasteiger partial charge >= 0.3 is 0 Å². The Morgan fingerprint density at radius 3 is 2.71 bits per heavy atom. The lowest BCUT2D eigenvalue weighted by Gasteiger charge is -2.39. The number of aliphatic hydroxyl groups excluding tert-OH is 1. The van der Waals surface area contributed by atoms with Gasteiger partial charge in [-0.25, -0.2) is 0 Å². The van der Waals surface area contributed by atoms with Crippen molar-refractivity contribution < 1.29 is 5.11 Å². The molecule has 1 rings (SSSR count). The lowest BCUT2D eigenvalue weighted by Crippen LogP contribution is -2.55. The van der Waals surface area contributed by atoms with Gasteiger partial charge in [-0.15, -0.1) is 0 Å². The van der Waals surface area contributed by atoms with E-state index in [-0.39, 0.29) is 18.2 Å². The van der Waals surface area contributed by atoms with Gasteiger partial charge in [-0.1, -0.05) is 31.2 Å². The Morgan fingerprint density at radius 1 is 1.50 bits per heavy atom. The van der Waals surface area contributed by atoms with Crippen LogP contribution in [-0.4, -0.2) is 41.3 Å². The number of likely N-dealkylation sites (N-methyl/N-ethyl adjacent to an activating group) is 1. The standard InChI is InChI=1S/C11H20N2O/c1-3-13(8-9-14)10-6-4-5-7-11(10,2)12/h4-7,10,14H,3,8-9,12H2,1-2H3. The van der Waals surface area contributed by atoms with Gasteiger partial charge in [0.15, 0.2) is 0 Å². The second-order valence-electron chi connectivity index (χ2n) is 3.91. The number of hydrogen-bond acceptors (Lipinski definition) is 3. The van der Waals surface area contributed by atoms with Crippen LogP contribution < -0.4 is 5.73 Å². The third kappa shape index (κ3) is 2.44. The normalized spacial score (nSPS) is 31.4. The maximum Gasteiger partial charge on any atom is 0.0558 e. The monoisotopic (exact) mass is 196 g/mol. The molecule has 1 aliphatic carbocycles. The Bertz CT molecular complexity index is 233. The van der Waals surface area contributed by atoms with E-state index in [2.05, 4.69) is 17.9 Å². The van der Waals surface area contributed by atoms with Crippen LogP contribution in [0.5, 0.6) is 0 Å². The fourth-order valence-corrected chi connectivity index (χ4v) is 1.88. The van der Waals surface area contributed by atoms with E-state index in [1.807, 2.05) is 25.2 Å². The van der Waals surface area contributed by atoms with Crippen molar-refractivity contribution in [2.24, 2.45) is 5.73 Å². The molecule has 0 spiro atoms. The molecule has 0 heterocycles. The van der Waals surface area contributed by atoms with Crippen molar-refractivity contribution in [1.82, 2.24) is 4.90 Å². The predicted octanol–water partition coefficient (Wildman–Crippen LogP) is 0.513. The summed E-state index contributed by atoms with van der Waals surface area (Å²) in [5, 5.41) is 8.94. The predicted molar refractivity (Wildman–Crippen MR) is 59.0 cm³/mol. The average Bonchev–Trinajstić information content (AvgIpc) is 2.14. The Balaban J connectivity index is 2.74. The van der Waals surface area contributed by atoms with Crippen LogP contribution in [0.1, 0.15) is 13.8 Å². The van der Waals surface area contributed by atoms with Crippen molar-refractivity contribution in [1.29, 1.82) is 0 Å². The smallest absolute Gasteiger partial charge is 0.0558 e. The molecule has 0 aromatic rings. The SMILES string of the molecule is CCN(CCO)C1C=CC=CC1(C)N. The van der Waals surface area contributed by atoms with Crippen LogP contribution in [0.2, 0.25) is 0 Å². The summed E-state index contributed by atoms with van der Waals surface area (Å²) in [5.74, 6) is 0. The van der Waals surface area contributed by atoms with Gasteiger partial charge in [-0.3, -0.25) is 4.90 Å². The molecule has 3 nitrogen and oxygen atoms in total. The minimum Gasteiger partial charge on any atom is -0.395 e. The molecular formula is C11H20N2O. The molecule has 0 amide bonds. The van der Waals surface area contributed by atoms with Crippen LogP contribution in [0.4, 0.5) is 0 Å². The molecule has 0 aromatic heterocycles. The van der Waals surface area contributed by atoms with Gasteiger partial charge in [-0.05, 0) is 13.5 Å². The quantitative estimate of drug-likeness (QED) is 0.689. The summed E-state index contributed by atoms with van der Waals surface area (Å²) in [4.78, 5) is 2.18. The first-order chi connectivity index (χ1) is 6.61. The summed E-state index contributed by atoms with van der Waals surface area (Å²) >= 11 is 0. The maximum absolute atomic E-state index is 8.94. The molecule has 14 heavy (non-hydrogen) atoms. The lowest BCUT2D eigenvalue weighted by atomic mass is 9.88. The van der Waals surface area contributed by atoms with E-state index in [1.165, 1.54) is 0 Å². The molecule has 0 saturated carbocycles. The zero-order chi connectivity index (χ0) is 10.6. The largest absolute Gasteiger partial charge is 0.395 e. The molecule has 3 heteroatoms. The maximum atomic E-state index is 8.94. The highest BCUT2D eigenvalue weighted by Gasteiger charge is 2.30. The molecule has 0 aliphatic heterocycles. The topological polar surface area (TPSA) is 49.5 Å². The number of nitrogens with zero attached hydrogens (tertiary/aromatic N) is 1. The number of hydrogen-bond donors (Lipinski definition) is 2. The van der Waals surface area contributed by atoms with Gasteiger partial charge in [0, 0.05) is 12.6 Å². The highest BCUT2D eigenvalue weighted by molar-refractivity contribution is 5.25. The second-order valence-corrected chi connectivity index (χ2v) is 3.91. The number of nitrogens with two attached hydrogens (primary N) is 1. The third-order valence-corrected chi connectivity index (χ3v) is 2.68. The second kappa shape index (κ2) is 4.73. The van der Waals surface area contributed by atoms with E-state index in [9.17, 15) is 0 Å². The molecule has 1 aliphatic rings. The highest BCUT2D eigenvalue weighted by Crippen LogP contribution is 2.19. The summed E-state index contributed by atoms with van der Waals surface area (Å²) in [5.41, 5.74) is 5.83. The molecule has 0 saturated heterocycles. The van der Waals surface area contributed by atoms with Crippen molar-refractivity contribution in [3.63, 3.8) is 0 Å². The van der Waals surface area contributed by atoms with E-state index in [1.54, 1.807) is 0 Å². The summed E-state index contributed by atoms with van der Waals surface area (Å²) < 4.78 is 0. The van der Waals surface area contributed by atoms with E-state index in [0.29, 0.717) is 6.54 Å². The van der Waals surface area contributed by atoms with Gasteiger partial charge < -0.3 is 10.8 Å². The number of rotatable bonds is 4. The van der Waals surface area contributed by atoms with Gasteiger partial charge in [0.05, 0.1) is 12.1 Å². The third-order valence-electron chi connectivity index (χ3n) is 2.68. The van der Waals surface area contributed by atoms with Gasteiger partial charge in [-0.2, -0.15) is 0 Å². The first-order valence-corrected chi connectivity index (χ1v) is 5.11. The van der Waals surface area contributed by atoms with E-state index >= 15 is 0 Å². The first kappa shape index (κ1) is 11.4. The minimum atomic E-state index is -0.333. The molecule has 0 bridgehead atoms. The minimum absolute atomic E-state index is 0.179. The van der Waals surface area contributed by atoms with Crippen molar-refractivity contribution >= 4 is 0 Å². The van der Waals surface area contributed by atoms with E-state index < -0.39 is 0 Å². The van der Waals surface area contributed by atoms with Crippen molar-refractivity contribution in [3.8, 4) is 0 Å². The summed E-state index contributed by atoms with van der Waals surface area (Å²) in [6.07, 6.45) is 8.10. The zero-order valence-electron chi connectivity index (χ0n) is 8.98. The zero-order valence-corrected chi connectivity index (χ0v) is 8.98. The van der Waals surface area contributed by atoms with Gasteiger partial charge in [0.2, 0.25) is 0 Å². The molecule has 3 N–H and O–H groups in total. The Labute approximate surface area is 85.9 Å². The molecule has 2 unspecified atom stereocenters. The Kier molecular flexibility index (Phi) is 3.86. The number of aliphatic hydroxyl groups is 1. The summed E-state index contributed by atoms with van der Waals surface area (Å²) in [6, 6.07) is 0.185. The van der Waals surface area contributed by atoms with Crippen LogP contribution in [0.25, 0.3) is 0 Å². The molecule has 0 fully saturated rings. The lowest BCUT2D eigenvalue weighted by molar-refractivity contribution is 0.149. The molecule has 80 valence electrons. The number of allylic oxidation sites excluding steroid dienone is 2. The molecule has 2 atom stereocenters. The highest BCUT2D eigenvalue weighted by atomic mass is 16.3. The van der Waals surface area contributed by atoms with Crippen molar-refractivity contribution in [3.05, 3.63) is 24.3 Å². The average molecular weight is 196 g/mol. The van der Waals surface area contributed by atoms with Gasteiger partial charge in [0.1, 0.15) is 0 Å². The Hall–Kier alpha value is -0.640. The molecule has 0 aromatic carbocycles. The van der Waals surface area contributed by atoms with E-state index in [0.717, 1.165) is 6.54 Å². The van der Waals surface area contributed by atoms with Crippen LogP contribution in [-0.2, 0) is 0 Å². The van der Waals surface area contributed by atoms with Crippen LogP contribution in [0.3, 0.4) is 0 Å². The van der Waals surface area contributed by atoms with Crippen molar-refractivity contribution in [2.75, 3.05) is 19.7 Å². The fraction of sp³-hybridized carbons (Fsp3) is 0.636. The summed E-state index contributed by atoms with van der Waals surface area (Å²) in [7, 11) is 0. The van der Waals surface area contributed by atoms with Crippen molar-refractivity contribution in [2.45, 2.75) is 25.4 Å². The molecular weight excluding hydrogens is 176 g/mol. The Morgan fingerprint density at radius 2 is 2.21 bits per heavy atom. The van der Waals surface area contributed by atoms with E-state index in [4.69, 9.17) is 10.8 Å². The summed E-state index contributed by atoms with van der Waals surface area (Å²) in [6.45, 7) is 5.84. The van der Waals surface area contributed by atoms with Crippen LogP contribution in [0.15, 0.2) is 24.3 Å². The van der Waals surface area contributed by atoms with Crippen LogP contribution >= 0.6 is 0 Å². The van der Waals surface area contributed by atoms with Crippen LogP contribution in [0, 0.1) is 0 Å². The fourth-order valence-electron chi connectivity index (χ4n) is 1.88. The van der Waals surface area contributed by atoms with Gasteiger partial charge in [0.25, 0.3) is 0 Å². The first-order valence-electron chi connectivity index (χ1n) is 5.11.